The van der Waals surface area contributed by atoms with Gasteiger partial charge in [-0.1, -0.05) is 0 Å². The van der Waals surface area contributed by atoms with Gasteiger partial charge < -0.3 is 10.4 Å². The average molecular weight is 383 g/mol. The van der Waals surface area contributed by atoms with Gasteiger partial charge in [-0.05, 0) is 55.7 Å². The number of benzene rings is 1. The lowest BCUT2D eigenvalue weighted by Crippen LogP contribution is -2.34. The van der Waals surface area contributed by atoms with Crippen LogP contribution in [0.4, 0.5) is 4.79 Å². The zero-order chi connectivity index (χ0) is 17.9. The molecule has 0 saturated heterocycles. The van der Waals surface area contributed by atoms with E-state index in [9.17, 15) is 13.2 Å². The number of sulfonamides is 1. The number of carboxylic acid groups (broad SMARTS) is 1. The number of aromatic nitrogens is 1. The van der Waals surface area contributed by atoms with E-state index in [-0.39, 0.29) is 4.90 Å². The minimum absolute atomic E-state index is 0.267. The van der Waals surface area contributed by atoms with Gasteiger partial charge in [0.25, 0.3) is 0 Å². The molecule has 1 fully saturated rings. The van der Waals surface area contributed by atoms with Crippen LogP contribution in [-0.4, -0.2) is 37.7 Å². The first-order valence-corrected chi connectivity index (χ1v) is 10.6. The highest BCUT2D eigenvalue weighted by atomic mass is 32.2. The fourth-order valence-electron chi connectivity index (χ4n) is 3.18. The standard InChI is InChI=1S/C16H21N3O4S2/c20-16(21)17-8-11-1-3-12(4-2-11)9-19-25(22,23)13-5-6-14-15(7-13)24-10-18-14/h5-7,10-12,17,19H,1-4,8-9H2,(H,20,21)/t11-,12-. The Morgan fingerprint density at radius 1 is 1.20 bits per heavy atom. The Hall–Kier alpha value is -1.71. The molecule has 136 valence electrons. The van der Waals surface area contributed by atoms with E-state index in [1.54, 1.807) is 23.7 Å². The maximum Gasteiger partial charge on any atom is 0.404 e. The summed E-state index contributed by atoms with van der Waals surface area (Å²) in [6.07, 6.45) is 2.65. The SMILES string of the molecule is O=C(O)NC[C@H]1CC[C@H](CNS(=O)(=O)c2ccc3ncsc3c2)CC1. The highest BCUT2D eigenvalue weighted by molar-refractivity contribution is 7.89. The van der Waals surface area contributed by atoms with Gasteiger partial charge in [0, 0.05) is 13.1 Å². The molecule has 1 heterocycles. The van der Waals surface area contributed by atoms with Crippen molar-refractivity contribution < 1.29 is 18.3 Å². The predicted octanol–water partition coefficient (Wildman–Crippen LogP) is 2.65. The topological polar surface area (TPSA) is 108 Å². The number of rotatable bonds is 6. The van der Waals surface area contributed by atoms with E-state index in [0.29, 0.717) is 24.9 Å². The van der Waals surface area contributed by atoms with Crippen molar-refractivity contribution in [2.45, 2.75) is 30.6 Å². The number of fused-ring (bicyclic) bond motifs is 1. The van der Waals surface area contributed by atoms with Crippen LogP contribution in [0.25, 0.3) is 10.2 Å². The molecule has 1 aromatic heterocycles. The molecule has 2 aromatic rings. The van der Waals surface area contributed by atoms with Crippen LogP contribution in [0.15, 0.2) is 28.6 Å². The second-order valence-electron chi connectivity index (χ2n) is 6.41. The largest absolute Gasteiger partial charge is 0.465 e. The van der Waals surface area contributed by atoms with E-state index in [1.165, 1.54) is 11.3 Å². The first-order chi connectivity index (χ1) is 11.9. The van der Waals surface area contributed by atoms with Crippen LogP contribution in [0, 0.1) is 11.8 Å². The lowest BCUT2D eigenvalue weighted by atomic mass is 9.82. The third-order valence-electron chi connectivity index (χ3n) is 4.68. The summed E-state index contributed by atoms with van der Waals surface area (Å²) < 4.78 is 28.5. The summed E-state index contributed by atoms with van der Waals surface area (Å²) in [5.74, 6) is 0.640. The monoisotopic (exact) mass is 383 g/mol. The maximum absolute atomic E-state index is 12.5. The molecular formula is C16H21N3O4S2. The quantitative estimate of drug-likeness (QED) is 0.711. The van der Waals surface area contributed by atoms with Crippen molar-refractivity contribution in [3.8, 4) is 0 Å². The normalized spacial score (nSPS) is 21.3. The van der Waals surface area contributed by atoms with Crippen LogP contribution in [0.3, 0.4) is 0 Å². The fourth-order valence-corrected chi connectivity index (χ4v) is 5.12. The van der Waals surface area contributed by atoms with E-state index in [0.717, 1.165) is 35.9 Å². The van der Waals surface area contributed by atoms with Crippen LogP contribution in [0.5, 0.6) is 0 Å². The zero-order valence-corrected chi connectivity index (χ0v) is 15.3. The minimum Gasteiger partial charge on any atom is -0.465 e. The second kappa shape index (κ2) is 7.67. The van der Waals surface area contributed by atoms with Gasteiger partial charge in [0.1, 0.15) is 0 Å². The molecular weight excluding hydrogens is 362 g/mol. The minimum atomic E-state index is -3.53. The van der Waals surface area contributed by atoms with Crippen molar-refractivity contribution in [2.75, 3.05) is 13.1 Å². The van der Waals surface area contributed by atoms with Gasteiger partial charge in [0.15, 0.2) is 0 Å². The molecule has 0 spiro atoms. The van der Waals surface area contributed by atoms with Crippen LogP contribution >= 0.6 is 11.3 Å². The predicted molar refractivity (Wildman–Crippen MR) is 96.3 cm³/mol. The summed E-state index contributed by atoms with van der Waals surface area (Å²) in [6.45, 7) is 0.894. The molecule has 9 heteroatoms. The van der Waals surface area contributed by atoms with Gasteiger partial charge >= 0.3 is 6.09 Å². The number of nitrogens with zero attached hydrogens (tertiary/aromatic N) is 1. The highest BCUT2D eigenvalue weighted by Crippen LogP contribution is 2.28. The maximum atomic E-state index is 12.5. The molecule has 1 aromatic carbocycles. The Bertz CT molecular complexity index is 842. The summed E-state index contributed by atoms with van der Waals surface area (Å²) in [5, 5.41) is 11.1. The fraction of sp³-hybridized carbons (Fsp3) is 0.500. The van der Waals surface area contributed by atoms with E-state index < -0.39 is 16.1 Å². The summed E-state index contributed by atoms with van der Waals surface area (Å²) in [5.41, 5.74) is 2.50. The van der Waals surface area contributed by atoms with Gasteiger partial charge in [-0.25, -0.2) is 22.9 Å². The number of hydrogen-bond donors (Lipinski definition) is 3. The molecule has 1 aliphatic carbocycles. The molecule has 0 radical (unpaired) electrons. The van der Waals surface area contributed by atoms with Gasteiger partial charge in [-0.15, -0.1) is 11.3 Å². The number of nitrogens with one attached hydrogen (secondary N) is 2. The number of amides is 1. The van der Waals surface area contributed by atoms with Gasteiger partial charge in [0.05, 0.1) is 20.6 Å². The summed E-state index contributed by atoms with van der Waals surface area (Å²) >= 11 is 1.42. The van der Waals surface area contributed by atoms with Crippen LogP contribution in [0.2, 0.25) is 0 Å². The Balaban J connectivity index is 1.52. The van der Waals surface area contributed by atoms with Gasteiger partial charge in [-0.3, -0.25) is 0 Å². The van der Waals surface area contributed by atoms with Crippen molar-refractivity contribution in [3.05, 3.63) is 23.7 Å². The second-order valence-corrected chi connectivity index (χ2v) is 9.06. The molecule has 3 rings (SSSR count). The highest BCUT2D eigenvalue weighted by Gasteiger charge is 2.23. The van der Waals surface area contributed by atoms with Crippen LogP contribution < -0.4 is 10.0 Å². The zero-order valence-electron chi connectivity index (χ0n) is 13.6. The van der Waals surface area contributed by atoms with E-state index in [2.05, 4.69) is 15.0 Å². The van der Waals surface area contributed by atoms with Crippen molar-refractivity contribution >= 4 is 37.7 Å². The molecule has 1 amide bonds. The Kier molecular flexibility index (Phi) is 5.55. The first kappa shape index (κ1) is 18.1. The molecule has 25 heavy (non-hydrogen) atoms. The Morgan fingerprint density at radius 3 is 2.56 bits per heavy atom. The van der Waals surface area contributed by atoms with E-state index in [4.69, 9.17) is 5.11 Å². The molecule has 0 bridgehead atoms. The van der Waals surface area contributed by atoms with Crippen LogP contribution in [0.1, 0.15) is 25.7 Å². The lowest BCUT2D eigenvalue weighted by Gasteiger charge is -2.28. The molecule has 0 atom stereocenters. The van der Waals surface area contributed by atoms with Crippen molar-refractivity contribution in [3.63, 3.8) is 0 Å². The number of hydrogen-bond acceptors (Lipinski definition) is 5. The number of carbonyl (C=O) groups is 1. The molecule has 1 aliphatic rings. The summed E-state index contributed by atoms with van der Waals surface area (Å²) in [6, 6.07) is 4.96. The van der Waals surface area contributed by atoms with E-state index >= 15 is 0 Å². The third kappa shape index (κ3) is 4.68. The third-order valence-corrected chi connectivity index (χ3v) is 6.90. The molecule has 0 aliphatic heterocycles. The summed E-state index contributed by atoms with van der Waals surface area (Å²) in [7, 11) is -3.53. The van der Waals surface area contributed by atoms with Gasteiger partial charge in [0.2, 0.25) is 10.0 Å². The Morgan fingerprint density at radius 2 is 1.88 bits per heavy atom. The van der Waals surface area contributed by atoms with E-state index in [1.807, 2.05) is 0 Å². The molecule has 3 N–H and O–H groups in total. The lowest BCUT2D eigenvalue weighted by molar-refractivity contribution is 0.188. The first-order valence-electron chi connectivity index (χ1n) is 8.24. The van der Waals surface area contributed by atoms with Gasteiger partial charge in [-0.2, -0.15) is 0 Å². The van der Waals surface area contributed by atoms with Crippen molar-refractivity contribution in [1.29, 1.82) is 0 Å². The van der Waals surface area contributed by atoms with Crippen LogP contribution in [-0.2, 0) is 10.0 Å². The molecule has 0 unspecified atom stereocenters. The summed E-state index contributed by atoms with van der Waals surface area (Å²) in [4.78, 5) is 15.0. The smallest absolute Gasteiger partial charge is 0.404 e. The Labute approximate surface area is 150 Å². The van der Waals surface area contributed by atoms with Crippen molar-refractivity contribution in [2.24, 2.45) is 11.8 Å². The molecule has 1 saturated carbocycles. The molecule has 7 nitrogen and oxygen atoms in total. The average Bonchev–Trinajstić information content (AvgIpc) is 3.07. The van der Waals surface area contributed by atoms with Crippen molar-refractivity contribution in [1.82, 2.24) is 15.0 Å². The number of thiazole rings is 1.